The number of rotatable bonds is 11. The van der Waals surface area contributed by atoms with Crippen LogP contribution in [-0.4, -0.2) is 29.7 Å². The first-order valence-electron chi connectivity index (χ1n) is 15.1. The predicted molar refractivity (Wildman–Crippen MR) is 165 cm³/mol. The Morgan fingerprint density at radius 2 is 1.88 bits per heavy atom. The fourth-order valence-corrected chi connectivity index (χ4v) is 7.27. The molecule has 0 aliphatic heterocycles. The van der Waals surface area contributed by atoms with Gasteiger partial charge in [0.1, 0.15) is 11.6 Å². The first-order valence-corrected chi connectivity index (χ1v) is 16.6. The molecule has 0 spiro atoms. The Morgan fingerprint density at radius 1 is 1.07 bits per heavy atom. The van der Waals surface area contributed by atoms with Gasteiger partial charge in [0.2, 0.25) is 0 Å². The van der Waals surface area contributed by atoms with E-state index in [1.54, 1.807) is 32.0 Å². The lowest BCUT2D eigenvalue weighted by Crippen LogP contribution is -2.31. The van der Waals surface area contributed by atoms with Gasteiger partial charge in [0.05, 0.1) is 23.7 Å². The second kappa shape index (κ2) is 12.1. The Labute approximate surface area is 252 Å². The normalized spacial score (nSPS) is 15.0. The number of nitrogens with zero attached hydrogens (tertiary/aromatic N) is 3. The maximum atomic E-state index is 13.7. The molecule has 0 unspecified atom stereocenters. The number of aryl methyl sites for hydroxylation is 2. The Hall–Kier alpha value is -3.76. The zero-order valence-electron chi connectivity index (χ0n) is 25.0. The van der Waals surface area contributed by atoms with Crippen LogP contribution in [0.1, 0.15) is 72.1 Å². The van der Waals surface area contributed by atoms with Crippen LogP contribution in [0.15, 0.2) is 56.7 Å². The van der Waals surface area contributed by atoms with Crippen molar-refractivity contribution in [2.45, 2.75) is 83.8 Å². The number of anilines is 1. The molecular formula is C33H38N4O5S. The third kappa shape index (κ3) is 5.90. The summed E-state index contributed by atoms with van der Waals surface area (Å²) in [7, 11) is -3.99. The van der Waals surface area contributed by atoms with E-state index < -0.39 is 10.0 Å². The van der Waals surface area contributed by atoms with E-state index in [4.69, 9.17) is 14.2 Å². The van der Waals surface area contributed by atoms with Crippen LogP contribution in [0.25, 0.3) is 11.1 Å². The van der Waals surface area contributed by atoms with Crippen molar-refractivity contribution in [3.63, 3.8) is 0 Å². The molecule has 0 saturated heterocycles. The van der Waals surface area contributed by atoms with Gasteiger partial charge in [-0.25, -0.2) is 13.4 Å². The minimum absolute atomic E-state index is 0.0770. The zero-order valence-corrected chi connectivity index (χ0v) is 25.8. The molecule has 2 aromatic heterocycles. The van der Waals surface area contributed by atoms with Gasteiger partial charge >= 0.3 is 0 Å². The van der Waals surface area contributed by atoms with Crippen LogP contribution >= 0.6 is 0 Å². The molecule has 2 aromatic carbocycles. The minimum atomic E-state index is -3.99. The Kier molecular flexibility index (Phi) is 8.24. The van der Waals surface area contributed by atoms with Crippen LogP contribution in [0.3, 0.4) is 0 Å². The smallest absolute Gasteiger partial charge is 0.263 e. The molecule has 2 aliphatic carbocycles. The maximum absolute atomic E-state index is 13.7. The van der Waals surface area contributed by atoms with Crippen molar-refractivity contribution in [2.24, 2.45) is 5.92 Å². The van der Waals surface area contributed by atoms with Crippen LogP contribution < -0.4 is 10.3 Å². The van der Waals surface area contributed by atoms with Crippen LogP contribution in [0.4, 0.5) is 5.82 Å². The summed E-state index contributed by atoms with van der Waals surface area (Å²) in [5, 5.41) is 3.88. The topological polar surface area (TPSA) is 116 Å². The molecular weight excluding hydrogens is 564 g/mol. The molecule has 0 atom stereocenters. The van der Waals surface area contributed by atoms with Gasteiger partial charge < -0.3 is 9.26 Å². The van der Waals surface area contributed by atoms with E-state index in [2.05, 4.69) is 9.88 Å². The van der Waals surface area contributed by atoms with E-state index in [-0.39, 0.29) is 16.3 Å². The quantitative estimate of drug-likeness (QED) is 0.233. The van der Waals surface area contributed by atoms with Gasteiger partial charge in [-0.15, -0.1) is 0 Å². The highest BCUT2D eigenvalue weighted by molar-refractivity contribution is 7.92. The highest BCUT2D eigenvalue weighted by atomic mass is 32.2. The number of hydrogen-bond donors (Lipinski definition) is 1. The van der Waals surface area contributed by atoms with Crippen LogP contribution in [0, 0.1) is 19.8 Å². The van der Waals surface area contributed by atoms with E-state index in [0.717, 1.165) is 59.5 Å². The molecule has 43 heavy (non-hydrogen) atoms. The van der Waals surface area contributed by atoms with Crippen molar-refractivity contribution in [2.75, 3.05) is 11.3 Å². The number of hydrogen-bond acceptors (Lipinski definition) is 7. The third-order valence-electron chi connectivity index (χ3n) is 8.79. The second-order valence-corrected chi connectivity index (χ2v) is 13.3. The highest BCUT2D eigenvalue weighted by Crippen LogP contribution is 2.34. The van der Waals surface area contributed by atoms with Crippen molar-refractivity contribution in [1.82, 2.24) is 14.7 Å². The van der Waals surface area contributed by atoms with Crippen molar-refractivity contribution in [3.05, 3.63) is 92.4 Å². The molecule has 10 heteroatoms. The third-order valence-corrected chi connectivity index (χ3v) is 10.2. The summed E-state index contributed by atoms with van der Waals surface area (Å²) in [6, 6.07) is 12.8. The molecule has 4 aromatic rings. The zero-order chi connectivity index (χ0) is 30.1. The van der Waals surface area contributed by atoms with Gasteiger partial charge in [-0.3, -0.25) is 14.1 Å². The molecule has 226 valence electrons. The van der Waals surface area contributed by atoms with Gasteiger partial charge in [0, 0.05) is 29.7 Å². The number of sulfonamides is 1. The van der Waals surface area contributed by atoms with E-state index in [1.165, 1.54) is 19.3 Å². The summed E-state index contributed by atoms with van der Waals surface area (Å²) in [6.07, 6.45) is 7.09. The number of aromatic nitrogens is 3. The highest BCUT2D eigenvalue weighted by Gasteiger charge is 2.26. The van der Waals surface area contributed by atoms with Crippen molar-refractivity contribution >= 4 is 15.8 Å². The summed E-state index contributed by atoms with van der Waals surface area (Å²) in [4.78, 5) is 18.8. The molecule has 9 nitrogen and oxygen atoms in total. The van der Waals surface area contributed by atoms with Gasteiger partial charge in [0.15, 0.2) is 5.82 Å². The number of benzene rings is 2. The lowest BCUT2D eigenvalue weighted by atomic mass is 9.82. The van der Waals surface area contributed by atoms with Gasteiger partial charge in [0.25, 0.3) is 15.6 Å². The van der Waals surface area contributed by atoms with Gasteiger partial charge in [-0.2, -0.15) is 0 Å². The summed E-state index contributed by atoms with van der Waals surface area (Å²) < 4.78 is 42.7. The molecule has 1 saturated carbocycles. The van der Waals surface area contributed by atoms with Crippen molar-refractivity contribution in [3.8, 4) is 11.1 Å². The lowest BCUT2D eigenvalue weighted by Gasteiger charge is -2.26. The van der Waals surface area contributed by atoms with Gasteiger partial charge in [-0.05, 0) is 68.7 Å². The Morgan fingerprint density at radius 3 is 2.60 bits per heavy atom. The molecule has 0 amide bonds. The minimum Gasteiger partial charge on any atom is -0.377 e. The van der Waals surface area contributed by atoms with Crippen LogP contribution in [-0.2, 0) is 47.2 Å². The predicted octanol–water partition coefficient (Wildman–Crippen LogP) is 5.73. The molecule has 1 N–H and O–H groups in total. The second-order valence-electron chi connectivity index (χ2n) is 11.6. The summed E-state index contributed by atoms with van der Waals surface area (Å²) in [6.45, 7) is 6.64. The molecule has 2 heterocycles. The van der Waals surface area contributed by atoms with E-state index in [9.17, 15) is 13.2 Å². The summed E-state index contributed by atoms with van der Waals surface area (Å²) >= 11 is 0. The molecule has 0 radical (unpaired) electrons. The molecule has 0 bridgehead atoms. The van der Waals surface area contributed by atoms with E-state index >= 15 is 0 Å². The Bertz CT molecular complexity index is 1820. The molecule has 2 aliphatic rings. The maximum Gasteiger partial charge on any atom is 0.263 e. The first-order chi connectivity index (χ1) is 20.7. The average molecular weight is 603 g/mol. The van der Waals surface area contributed by atoms with Crippen LogP contribution in [0.5, 0.6) is 0 Å². The summed E-state index contributed by atoms with van der Waals surface area (Å²) in [5.41, 5.74) is 5.64. The summed E-state index contributed by atoms with van der Waals surface area (Å²) in [5.74, 6) is 2.19. The van der Waals surface area contributed by atoms with Crippen LogP contribution in [0.2, 0.25) is 0 Å². The fraction of sp³-hybridized carbons (Fsp3) is 0.424. The number of ether oxygens (including phenoxy) is 1. The Balaban J connectivity index is 1.38. The van der Waals surface area contributed by atoms with Crippen molar-refractivity contribution < 1.29 is 17.7 Å². The van der Waals surface area contributed by atoms with E-state index in [0.29, 0.717) is 42.6 Å². The van der Waals surface area contributed by atoms with Crippen molar-refractivity contribution in [1.29, 1.82) is 0 Å². The standard InChI is InChI=1S/C33H38N4O5S/c1-4-41-20-25-17-24(19-37-31(18-23-9-7-10-23)34-29-13-8-12-28(29)33(37)38)15-16-26(25)27-11-5-6-14-30(27)43(39,40)36-32-21(2)22(3)42-35-32/h5-6,11,14-17,23H,4,7-10,12-13,18-20H2,1-3H3,(H,35,36). The fourth-order valence-electron chi connectivity index (χ4n) is 5.99. The van der Waals surface area contributed by atoms with E-state index in [1.807, 2.05) is 35.8 Å². The van der Waals surface area contributed by atoms with Gasteiger partial charge in [-0.1, -0.05) is 60.8 Å². The SMILES string of the molecule is CCOCc1cc(Cn2c(CC3CCC3)nc3c(c2=O)CCC3)ccc1-c1ccccc1S(=O)(=O)Nc1noc(C)c1C. The molecule has 6 rings (SSSR count). The largest absolute Gasteiger partial charge is 0.377 e. The first kappa shape index (κ1) is 29.3. The number of fused-ring (bicyclic) bond motifs is 1. The monoisotopic (exact) mass is 602 g/mol. The lowest BCUT2D eigenvalue weighted by molar-refractivity contribution is 0.134. The number of nitrogens with one attached hydrogen (secondary N) is 1. The average Bonchev–Trinajstić information content (AvgIpc) is 3.58. The molecule has 1 fully saturated rings.